The van der Waals surface area contributed by atoms with Crippen molar-refractivity contribution in [3.63, 3.8) is 0 Å². The molecule has 2 amide bonds. The number of nitrogens with zero attached hydrogens (tertiary/aromatic N) is 2. The molecular formula is C21H32ClN3O2. The van der Waals surface area contributed by atoms with Crippen molar-refractivity contribution in [2.24, 2.45) is 17.6 Å². The monoisotopic (exact) mass is 393 g/mol. The van der Waals surface area contributed by atoms with Crippen molar-refractivity contribution in [2.45, 2.75) is 51.6 Å². The standard InChI is InChI=1S/C21H31N3O2.ClH/c1-16(25)23-14-19(10-11-20(22)15-23)21(26)24(13-18-8-5-9-18)12-17-6-3-2-4-7-17;/h2-4,6-7,18-20H,5,8-15,22H2,1H3;1H/t19-,20+;/m1./s1. The normalized spacial score (nSPS) is 23.0. The van der Waals surface area contributed by atoms with Crippen molar-refractivity contribution in [3.8, 4) is 0 Å². The third kappa shape index (κ3) is 5.94. The van der Waals surface area contributed by atoms with E-state index in [1.54, 1.807) is 11.8 Å². The first kappa shape index (κ1) is 21.7. The minimum atomic E-state index is -0.142. The van der Waals surface area contributed by atoms with Crippen LogP contribution in [0.3, 0.4) is 0 Å². The molecule has 6 heteroatoms. The van der Waals surface area contributed by atoms with Crippen LogP contribution in [0, 0.1) is 11.8 Å². The van der Waals surface area contributed by atoms with Gasteiger partial charge in [-0.15, -0.1) is 12.4 Å². The summed E-state index contributed by atoms with van der Waals surface area (Å²) in [5, 5.41) is 0. The summed E-state index contributed by atoms with van der Waals surface area (Å²) in [5.74, 6) is 0.672. The van der Waals surface area contributed by atoms with Gasteiger partial charge < -0.3 is 15.5 Å². The van der Waals surface area contributed by atoms with Gasteiger partial charge in [-0.2, -0.15) is 0 Å². The zero-order valence-corrected chi connectivity index (χ0v) is 17.0. The molecule has 2 atom stereocenters. The summed E-state index contributed by atoms with van der Waals surface area (Å²) in [5.41, 5.74) is 7.28. The number of likely N-dealkylation sites (tertiary alicyclic amines) is 1. The Labute approximate surface area is 168 Å². The molecular weight excluding hydrogens is 362 g/mol. The zero-order valence-electron chi connectivity index (χ0n) is 16.2. The predicted molar refractivity (Wildman–Crippen MR) is 109 cm³/mol. The van der Waals surface area contributed by atoms with Crippen LogP contribution in [0.1, 0.15) is 44.6 Å². The van der Waals surface area contributed by atoms with Crippen molar-refractivity contribution in [3.05, 3.63) is 35.9 Å². The van der Waals surface area contributed by atoms with E-state index >= 15 is 0 Å². The molecule has 2 aliphatic rings. The highest BCUT2D eigenvalue weighted by Crippen LogP contribution is 2.29. The van der Waals surface area contributed by atoms with Crippen molar-refractivity contribution in [1.29, 1.82) is 0 Å². The SMILES string of the molecule is CC(=O)N1C[C@@H](N)CC[C@@H](C(=O)N(Cc2ccccc2)CC2CCC2)C1.Cl. The lowest BCUT2D eigenvalue weighted by atomic mass is 9.84. The van der Waals surface area contributed by atoms with E-state index in [-0.39, 0.29) is 36.2 Å². The number of rotatable bonds is 5. The minimum absolute atomic E-state index is 0. The van der Waals surface area contributed by atoms with Crippen LogP contribution in [0.25, 0.3) is 0 Å². The average molecular weight is 394 g/mol. The number of benzene rings is 1. The summed E-state index contributed by atoms with van der Waals surface area (Å²) >= 11 is 0. The Morgan fingerprint density at radius 2 is 1.81 bits per heavy atom. The molecule has 2 fully saturated rings. The molecule has 1 saturated heterocycles. The molecule has 1 aliphatic heterocycles. The average Bonchev–Trinajstić information content (AvgIpc) is 2.79. The summed E-state index contributed by atoms with van der Waals surface area (Å²) in [6, 6.07) is 10.1. The Morgan fingerprint density at radius 3 is 2.41 bits per heavy atom. The van der Waals surface area contributed by atoms with Crippen LogP contribution in [-0.2, 0) is 16.1 Å². The molecule has 150 valence electrons. The van der Waals surface area contributed by atoms with E-state index in [4.69, 9.17) is 5.73 Å². The molecule has 0 unspecified atom stereocenters. The fourth-order valence-electron chi connectivity index (χ4n) is 3.96. The predicted octanol–water partition coefficient (Wildman–Crippen LogP) is 2.82. The van der Waals surface area contributed by atoms with E-state index < -0.39 is 0 Å². The summed E-state index contributed by atoms with van der Waals surface area (Å²) in [6.07, 6.45) is 5.26. The van der Waals surface area contributed by atoms with Gasteiger partial charge in [-0.3, -0.25) is 9.59 Å². The van der Waals surface area contributed by atoms with Crippen molar-refractivity contribution < 1.29 is 9.59 Å². The minimum Gasteiger partial charge on any atom is -0.341 e. The fourth-order valence-corrected chi connectivity index (χ4v) is 3.96. The van der Waals surface area contributed by atoms with E-state index in [1.807, 2.05) is 23.1 Å². The molecule has 1 heterocycles. The quantitative estimate of drug-likeness (QED) is 0.836. The molecule has 0 aromatic heterocycles. The van der Waals surface area contributed by atoms with Gasteiger partial charge >= 0.3 is 0 Å². The van der Waals surface area contributed by atoms with Gasteiger partial charge in [0.05, 0.1) is 5.92 Å². The lowest BCUT2D eigenvalue weighted by Crippen LogP contribution is -2.45. The summed E-state index contributed by atoms with van der Waals surface area (Å²) in [4.78, 5) is 29.0. The second kappa shape index (κ2) is 10.1. The maximum absolute atomic E-state index is 13.4. The van der Waals surface area contributed by atoms with Crippen LogP contribution in [0.2, 0.25) is 0 Å². The lowest BCUT2D eigenvalue weighted by Gasteiger charge is -2.35. The van der Waals surface area contributed by atoms with Gasteiger partial charge in [0.2, 0.25) is 11.8 Å². The van der Waals surface area contributed by atoms with Crippen LogP contribution < -0.4 is 5.73 Å². The molecule has 0 spiro atoms. The Kier molecular flexibility index (Phi) is 8.11. The van der Waals surface area contributed by atoms with Crippen molar-refractivity contribution in [1.82, 2.24) is 9.80 Å². The maximum Gasteiger partial charge on any atom is 0.227 e. The Morgan fingerprint density at radius 1 is 1.11 bits per heavy atom. The molecule has 2 N–H and O–H groups in total. The number of carbonyl (C=O) groups excluding carboxylic acids is 2. The van der Waals surface area contributed by atoms with Crippen LogP contribution in [0.5, 0.6) is 0 Å². The van der Waals surface area contributed by atoms with Gasteiger partial charge in [0.1, 0.15) is 0 Å². The first-order chi connectivity index (χ1) is 12.5. The summed E-state index contributed by atoms with van der Waals surface area (Å²) in [7, 11) is 0. The largest absolute Gasteiger partial charge is 0.341 e. The van der Waals surface area contributed by atoms with E-state index in [0.717, 1.165) is 24.9 Å². The van der Waals surface area contributed by atoms with Gasteiger partial charge in [0, 0.05) is 39.1 Å². The highest BCUT2D eigenvalue weighted by atomic mass is 35.5. The highest BCUT2D eigenvalue weighted by molar-refractivity contribution is 5.85. The fraction of sp³-hybridized carbons (Fsp3) is 0.619. The molecule has 0 radical (unpaired) electrons. The van der Waals surface area contributed by atoms with E-state index in [9.17, 15) is 9.59 Å². The number of amides is 2. The Hall–Kier alpha value is -1.59. The first-order valence-electron chi connectivity index (χ1n) is 9.86. The van der Waals surface area contributed by atoms with E-state index in [2.05, 4.69) is 12.1 Å². The smallest absolute Gasteiger partial charge is 0.227 e. The molecule has 1 saturated carbocycles. The van der Waals surface area contributed by atoms with E-state index in [1.165, 1.54) is 19.3 Å². The van der Waals surface area contributed by atoms with Crippen LogP contribution in [-0.4, -0.2) is 47.3 Å². The third-order valence-corrected chi connectivity index (χ3v) is 5.81. The molecule has 3 rings (SSSR count). The molecule has 1 aliphatic carbocycles. The van der Waals surface area contributed by atoms with Crippen molar-refractivity contribution >= 4 is 24.2 Å². The van der Waals surface area contributed by atoms with Gasteiger partial charge in [0.25, 0.3) is 0 Å². The van der Waals surface area contributed by atoms with Gasteiger partial charge in [-0.25, -0.2) is 0 Å². The van der Waals surface area contributed by atoms with Gasteiger partial charge in [0.15, 0.2) is 0 Å². The van der Waals surface area contributed by atoms with Crippen LogP contribution in [0.15, 0.2) is 30.3 Å². The lowest BCUT2D eigenvalue weighted by molar-refractivity contribution is -0.139. The van der Waals surface area contributed by atoms with Crippen LogP contribution in [0.4, 0.5) is 0 Å². The topological polar surface area (TPSA) is 66.6 Å². The second-order valence-electron chi connectivity index (χ2n) is 7.96. The maximum atomic E-state index is 13.4. The molecule has 5 nitrogen and oxygen atoms in total. The number of carbonyl (C=O) groups is 2. The van der Waals surface area contributed by atoms with Gasteiger partial charge in [-0.05, 0) is 37.2 Å². The zero-order chi connectivity index (χ0) is 18.5. The molecule has 1 aromatic carbocycles. The molecule has 27 heavy (non-hydrogen) atoms. The Balaban J connectivity index is 0.00000261. The summed E-state index contributed by atoms with van der Waals surface area (Å²) in [6.45, 7) is 4.10. The summed E-state index contributed by atoms with van der Waals surface area (Å²) < 4.78 is 0. The Bertz CT molecular complexity index is 621. The van der Waals surface area contributed by atoms with Gasteiger partial charge in [-0.1, -0.05) is 36.8 Å². The number of halogens is 1. The second-order valence-corrected chi connectivity index (χ2v) is 7.96. The van der Waals surface area contributed by atoms with E-state index in [0.29, 0.717) is 25.6 Å². The highest BCUT2D eigenvalue weighted by Gasteiger charge is 2.32. The van der Waals surface area contributed by atoms with Crippen LogP contribution >= 0.6 is 12.4 Å². The molecule has 1 aromatic rings. The third-order valence-electron chi connectivity index (χ3n) is 5.81. The van der Waals surface area contributed by atoms with Crippen molar-refractivity contribution in [2.75, 3.05) is 19.6 Å². The number of hydrogen-bond donors (Lipinski definition) is 1. The molecule has 0 bridgehead atoms. The number of nitrogens with two attached hydrogens (primary N) is 1. The first-order valence-corrected chi connectivity index (χ1v) is 9.86. The number of hydrogen-bond acceptors (Lipinski definition) is 3.